The summed E-state index contributed by atoms with van der Waals surface area (Å²) < 4.78 is 5.16. The number of benzene rings is 2. The smallest absolute Gasteiger partial charge is 0.407 e. The lowest BCUT2D eigenvalue weighted by Gasteiger charge is -2.46. The summed E-state index contributed by atoms with van der Waals surface area (Å²) in [7, 11) is 4.30. The van der Waals surface area contributed by atoms with Crippen molar-refractivity contribution in [3.63, 3.8) is 0 Å². The molecule has 3 amide bonds. The molecule has 8 nitrogen and oxygen atoms in total. The van der Waals surface area contributed by atoms with Gasteiger partial charge in [-0.3, -0.25) is 9.59 Å². The Morgan fingerprint density at radius 2 is 1.65 bits per heavy atom. The third-order valence-electron chi connectivity index (χ3n) is 7.96. The fraction of sp³-hybridized carbons (Fsp3) is 0.531. The molecule has 0 saturated heterocycles. The van der Waals surface area contributed by atoms with Gasteiger partial charge in [-0.1, -0.05) is 68.4 Å². The number of amides is 3. The molecule has 0 radical (unpaired) electrons. The molecule has 0 heterocycles. The molecule has 0 spiro atoms. The minimum atomic E-state index is -0.679. The van der Waals surface area contributed by atoms with Crippen LogP contribution in [0.4, 0.5) is 4.79 Å². The Balaban J connectivity index is 1.49. The number of ether oxygens (including phenoxy) is 1. The Labute approximate surface area is 239 Å². The van der Waals surface area contributed by atoms with Crippen LogP contribution in [0, 0.1) is 12.8 Å². The van der Waals surface area contributed by atoms with Gasteiger partial charge < -0.3 is 25.6 Å². The second-order valence-electron chi connectivity index (χ2n) is 11.7. The number of likely N-dealkylation sites (N-methyl/N-ethyl adjacent to an activating group) is 1. The van der Waals surface area contributed by atoms with Crippen molar-refractivity contribution < 1.29 is 19.1 Å². The standard InChI is InChI=1S/C32H46N4O4/c1-23(2)19-28(35-29(37)21-33-31(39)40-22-25-12-7-6-8-13-25)30(38)34-27-15-17-32(18-16-27,36(4)5)20-26-14-10-9-11-24(26)3/h6-14,23,27-28H,15-22H2,1-5H3,(H,33,39)(H,34,38)(H,35,37). The molecule has 40 heavy (non-hydrogen) atoms. The summed E-state index contributed by atoms with van der Waals surface area (Å²) in [5, 5.41) is 8.48. The third-order valence-corrected chi connectivity index (χ3v) is 7.96. The summed E-state index contributed by atoms with van der Waals surface area (Å²) in [6, 6.07) is 17.3. The van der Waals surface area contributed by atoms with E-state index in [0.29, 0.717) is 6.42 Å². The van der Waals surface area contributed by atoms with Crippen LogP contribution in [0.2, 0.25) is 0 Å². The zero-order valence-electron chi connectivity index (χ0n) is 24.7. The molecule has 2 aromatic carbocycles. The van der Waals surface area contributed by atoms with E-state index in [2.05, 4.69) is 66.1 Å². The Morgan fingerprint density at radius 1 is 1.00 bits per heavy atom. The van der Waals surface area contributed by atoms with Gasteiger partial charge in [0.25, 0.3) is 0 Å². The maximum Gasteiger partial charge on any atom is 0.407 e. The molecule has 218 valence electrons. The molecule has 3 N–H and O–H groups in total. The Bertz CT molecular complexity index is 1110. The van der Waals surface area contributed by atoms with E-state index in [-0.39, 0.29) is 36.6 Å². The summed E-state index contributed by atoms with van der Waals surface area (Å²) in [4.78, 5) is 40.2. The van der Waals surface area contributed by atoms with E-state index >= 15 is 0 Å². The number of nitrogens with one attached hydrogen (secondary N) is 3. The average Bonchev–Trinajstić information content (AvgIpc) is 2.93. The molecule has 2 aromatic rings. The first-order valence-corrected chi connectivity index (χ1v) is 14.3. The zero-order valence-corrected chi connectivity index (χ0v) is 24.7. The molecule has 1 aliphatic carbocycles. The van der Waals surface area contributed by atoms with E-state index < -0.39 is 18.0 Å². The molecule has 8 heteroatoms. The summed E-state index contributed by atoms with van der Waals surface area (Å²) in [5.41, 5.74) is 3.59. The highest BCUT2D eigenvalue weighted by molar-refractivity contribution is 5.89. The molecule has 0 aromatic heterocycles. The van der Waals surface area contributed by atoms with Gasteiger partial charge in [0.05, 0.1) is 0 Å². The second-order valence-corrected chi connectivity index (χ2v) is 11.7. The monoisotopic (exact) mass is 550 g/mol. The molecule has 0 bridgehead atoms. The van der Waals surface area contributed by atoms with Crippen molar-refractivity contribution in [1.82, 2.24) is 20.9 Å². The first-order valence-electron chi connectivity index (χ1n) is 14.3. The highest BCUT2D eigenvalue weighted by Crippen LogP contribution is 2.36. The van der Waals surface area contributed by atoms with Gasteiger partial charge in [0.15, 0.2) is 0 Å². The van der Waals surface area contributed by atoms with E-state index in [0.717, 1.165) is 37.7 Å². The maximum atomic E-state index is 13.3. The van der Waals surface area contributed by atoms with Gasteiger partial charge in [0, 0.05) is 11.6 Å². The van der Waals surface area contributed by atoms with Gasteiger partial charge in [-0.2, -0.15) is 0 Å². The lowest BCUT2D eigenvalue weighted by molar-refractivity contribution is -0.129. The van der Waals surface area contributed by atoms with Crippen LogP contribution in [0.3, 0.4) is 0 Å². The van der Waals surface area contributed by atoms with Crippen LogP contribution in [0.5, 0.6) is 0 Å². The summed E-state index contributed by atoms with van der Waals surface area (Å²) in [6.07, 6.45) is 4.55. The minimum absolute atomic E-state index is 0.0552. The van der Waals surface area contributed by atoms with Crippen LogP contribution < -0.4 is 16.0 Å². The topological polar surface area (TPSA) is 99.8 Å². The summed E-state index contributed by atoms with van der Waals surface area (Å²) in [5.74, 6) is -0.386. The molecule has 1 atom stereocenters. The molecular formula is C32H46N4O4. The molecule has 0 aliphatic heterocycles. The number of rotatable bonds is 12. The van der Waals surface area contributed by atoms with Gasteiger partial charge >= 0.3 is 6.09 Å². The fourth-order valence-electron chi connectivity index (χ4n) is 5.42. The SMILES string of the molecule is Cc1ccccc1CC1(N(C)C)CCC(NC(=O)C(CC(C)C)NC(=O)CNC(=O)OCc2ccccc2)CC1. The van der Waals surface area contributed by atoms with Gasteiger partial charge in [0.2, 0.25) is 11.8 Å². The summed E-state index contributed by atoms with van der Waals surface area (Å²) in [6.45, 7) is 6.06. The predicted molar refractivity (Wildman–Crippen MR) is 158 cm³/mol. The van der Waals surface area contributed by atoms with Crippen LogP contribution in [-0.2, 0) is 27.4 Å². The highest BCUT2D eigenvalue weighted by atomic mass is 16.5. The highest BCUT2D eigenvalue weighted by Gasteiger charge is 2.38. The average molecular weight is 551 g/mol. The zero-order chi connectivity index (χ0) is 29.1. The van der Waals surface area contributed by atoms with Gasteiger partial charge in [-0.25, -0.2) is 4.79 Å². The number of carbonyl (C=O) groups is 3. The fourth-order valence-corrected chi connectivity index (χ4v) is 5.42. The lowest BCUT2D eigenvalue weighted by Crippen LogP contribution is -2.55. The number of hydrogen-bond acceptors (Lipinski definition) is 5. The summed E-state index contributed by atoms with van der Waals surface area (Å²) >= 11 is 0. The van der Waals surface area contributed by atoms with Gasteiger partial charge in [-0.05, 0) is 82.2 Å². The second kappa shape index (κ2) is 14.8. The molecule has 1 saturated carbocycles. The maximum absolute atomic E-state index is 13.3. The molecule has 1 unspecified atom stereocenters. The van der Waals surface area contributed by atoms with Gasteiger partial charge in [0.1, 0.15) is 19.2 Å². The van der Waals surface area contributed by atoms with E-state index in [1.54, 1.807) is 0 Å². The lowest BCUT2D eigenvalue weighted by atomic mass is 9.74. The number of carbonyl (C=O) groups excluding carboxylic acids is 3. The normalized spacial score (nSPS) is 19.6. The van der Waals surface area contributed by atoms with E-state index in [1.165, 1.54) is 11.1 Å². The molecular weight excluding hydrogens is 504 g/mol. The van der Waals surface area contributed by atoms with Crippen LogP contribution in [-0.4, -0.2) is 61.1 Å². The van der Waals surface area contributed by atoms with Crippen molar-refractivity contribution in [3.8, 4) is 0 Å². The van der Waals surface area contributed by atoms with Crippen LogP contribution in [0.15, 0.2) is 54.6 Å². The Kier molecular flexibility index (Phi) is 11.6. The predicted octanol–water partition coefficient (Wildman–Crippen LogP) is 4.35. The largest absolute Gasteiger partial charge is 0.445 e. The third kappa shape index (κ3) is 9.37. The van der Waals surface area contributed by atoms with Crippen molar-refractivity contribution in [1.29, 1.82) is 0 Å². The van der Waals surface area contributed by atoms with Crippen molar-refractivity contribution in [2.45, 2.75) is 83.5 Å². The van der Waals surface area contributed by atoms with Crippen LogP contribution in [0.1, 0.15) is 62.6 Å². The first kappa shape index (κ1) is 31.1. The Hall–Kier alpha value is -3.39. The van der Waals surface area contributed by atoms with Crippen molar-refractivity contribution in [3.05, 3.63) is 71.3 Å². The van der Waals surface area contributed by atoms with Crippen molar-refractivity contribution in [2.75, 3.05) is 20.6 Å². The van der Waals surface area contributed by atoms with E-state index in [4.69, 9.17) is 4.74 Å². The number of hydrogen-bond donors (Lipinski definition) is 3. The van der Waals surface area contributed by atoms with Crippen molar-refractivity contribution in [2.24, 2.45) is 5.92 Å². The van der Waals surface area contributed by atoms with Crippen molar-refractivity contribution >= 4 is 17.9 Å². The minimum Gasteiger partial charge on any atom is -0.445 e. The molecule has 1 fully saturated rings. The Morgan fingerprint density at radius 3 is 2.27 bits per heavy atom. The molecule has 3 rings (SSSR count). The van der Waals surface area contributed by atoms with Gasteiger partial charge in [-0.15, -0.1) is 0 Å². The molecule has 1 aliphatic rings. The number of nitrogens with zero attached hydrogens (tertiary/aromatic N) is 1. The van der Waals surface area contributed by atoms with E-state index in [1.807, 2.05) is 44.2 Å². The van der Waals surface area contributed by atoms with Crippen LogP contribution in [0.25, 0.3) is 0 Å². The number of aryl methyl sites for hydroxylation is 1. The number of alkyl carbamates (subject to hydrolysis) is 1. The van der Waals surface area contributed by atoms with E-state index in [9.17, 15) is 14.4 Å². The van der Waals surface area contributed by atoms with Crippen LogP contribution >= 0.6 is 0 Å². The quantitative estimate of drug-likeness (QED) is 0.365. The first-order chi connectivity index (χ1) is 19.1.